The average Bonchev–Trinajstić information content (AvgIpc) is 2.84. The lowest BCUT2D eigenvalue weighted by molar-refractivity contribution is -0.146. The lowest BCUT2D eigenvalue weighted by atomic mass is 10.2. The number of rotatable bonds is 5. The summed E-state index contributed by atoms with van der Waals surface area (Å²) >= 11 is 3.32. The van der Waals surface area contributed by atoms with Crippen LogP contribution in [0.5, 0.6) is 0 Å². The number of para-hydroxylation sites is 1. The van der Waals surface area contributed by atoms with E-state index < -0.39 is 18.0 Å². The monoisotopic (exact) mass is 341 g/mol. The van der Waals surface area contributed by atoms with E-state index in [1.807, 2.05) is 12.1 Å². The fourth-order valence-electron chi connectivity index (χ4n) is 1.67. The van der Waals surface area contributed by atoms with Crippen molar-refractivity contribution in [3.63, 3.8) is 0 Å². The van der Waals surface area contributed by atoms with E-state index >= 15 is 0 Å². The van der Waals surface area contributed by atoms with Crippen LogP contribution in [-0.2, 0) is 4.79 Å². The second-order valence-corrected chi connectivity index (χ2v) is 5.02. The number of carbonyl (C=O) groups excluding carboxylic acids is 1. The summed E-state index contributed by atoms with van der Waals surface area (Å²) in [6.07, 6.45) is -1.55. The molecule has 0 aliphatic heterocycles. The Bertz CT molecular complexity index is 651. The van der Waals surface area contributed by atoms with E-state index in [-0.39, 0.29) is 18.7 Å². The van der Waals surface area contributed by atoms with Crippen molar-refractivity contribution in [2.45, 2.75) is 12.5 Å². The third kappa shape index (κ3) is 3.17. The molecule has 1 amide bonds. The van der Waals surface area contributed by atoms with Crippen molar-refractivity contribution in [1.29, 1.82) is 0 Å². The van der Waals surface area contributed by atoms with Crippen molar-refractivity contribution in [3.8, 4) is 0 Å². The zero-order valence-electron chi connectivity index (χ0n) is 10.3. The first-order valence-electron chi connectivity index (χ1n) is 5.86. The minimum atomic E-state index is -1.49. The van der Waals surface area contributed by atoms with Gasteiger partial charge < -0.3 is 19.9 Å². The Morgan fingerprint density at radius 1 is 1.40 bits per heavy atom. The summed E-state index contributed by atoms with van der Waals surface area (Å²) < 4.78 is 6.17. The largest absolute Gasteiger partial charge is 0.479 e. The van der Waals surface area contributed by atoms with Crippen LogP contribution >= 0.6 is 15.9 Å². The highest BCUT2D eigenvalue weighted by Crippen LogP contribution is 2.26. The highest BCUT2D eigenvalue weighted by atomic mass is 79.9. The van der Waals surface area contributed by atoms with Gasteiger partial charge in [0.25, 0.3) is 5.91 Å². The van der Waals surface area contributed by atoms with Gasteiger partial charge in [0.15, 0.2) is 11.9 Å². The molecule has 1 atom stereocenters. The molecule has 0 bridgehead atoms. The minimum Gasteiger partial charge on any atom is -0.479 e. The number of carbonyl (C=O) groups is 2. The number of amides is 1. The Morgan fingerprint density at radius 3 is 2.80 bits per heavy atom. The molecule has 1 heterocycles. The van der Waals surface area contributed by atoms with Crippen molar-refractivity contribution in [3.05, 3.63) is 34.5 Å². The second-order valence-electron chi connectivity index (χ2n) is 4.17. The maximum atomic E-state index is 11.8. The standard InChI is InChI=1S/C13H12BrNO5/c14-8-3-1-2-7-6-10(20-11(7)8)12(17)15-5-4-9(16)13(18)19/h1-3,6,9,16H,4-5H2,(H,15,17)(H,18,19). The van der Waals surface area contributed by atoms with E-state index in [2.05, 4.69) is 21.2 Å². The van der Waals surface area contributed by atoms with E-state index in [4.69, 9.17) is 14.6 Å². The minimum absolute atomic E-state index is 0.0461. The molecule has 3 N–H and O–H groups in total. The zero-order chi connectivity index (χ0) is 14.7. The molecule has 2 rings (SSSR count). The third-order valence-corrected chi connectivity index (χ3v) is 3.33. The first kappa shape index (κ1) is 14.5. The van der Waals surface area contributed by atoms with Crippen LogP contribution in [0.3, 0.4) is 0 Å². The summed E-state index contributed by atoms with van der Waals surface area (Å²) in [6.45, 7) is 0.0461. The van der Waals surface area contributed by atoms with Crippen LogP contribution in [0.2, 0.25) is 0 Å². The van der Waals surface area contributed by atoms with Gasteiger partial charge in [-0.3, -0.25) is 4.79 Å². The van der Waals surface area contributed by atoms with Crippen molar-refractivity contribution in [1.82, 2.24) is 5.32 Å². The van der Waals surface area contributed by atoms with E-state index in [0.717, 1.165) is 9.86 Å². The third-order valence-electron chi connectivity index (χ3n) is 2.71. The Morgan fingerprint density at radius 2 is 2.15 bits per heavy atom. The maximum absolute atomic E-state index is 11.8. The number of halogens is 1. The molecule has 1 unspecified atom stereocenters. The van der Waals surface area contributed by atoms with Gasteiger partial charge in [0, 0.05) is 18.4 Å². The highest BCUT2D eigenvalue weighted by Gasteiger charge is 2.16. The first-order chi connectivity index (χ1) is 9.49. The number of hydrogen-bond donors (Lipinski definition) is 3. The summed E-state index contributed by atoms with van der Waals surface area (Å²) in [5.74, 6) is -1.63. The molecule has 6 nitrogen and oxygen atoms in total. The van der Waals surface area contributed by atoms with Gasteiger partial charge in [-0.25, -0.2) is 4.79 Å². The predicted octanol–water partition coefficient (Wildman–Crippen LogP) is 1.76. The van der Waals surface area contributed by atoms with Crippen LogP contribution in [0.1, 0.15) is 17.0 Å². The lowest BCUT2D eigenvalue weighted by Gasteiger charge is -2.05. The van der Waals surface area contributed by atoms with E-state index in [1.165, 1.54) is 0 Å². The number of carboxylic acid groups (broad SMARTS) is 1. The number of aliphatic carboxylic acids is 1. The fraction of sp³-hybridized carbons (Fsp3) is 0.231. The van der Waals surface area contributed by atoms with Crippen LogP contribution in [0.4, 0.5) is 0 Å². The van der Waals surface area contributed by atoms with E-state index in [0.29, 0.717) is 5.58 Å². The number of hydrogen-bond acceptors (Lipinski definition) is 4. The summed E-state index contributed by atoms with van der Waals surface area (Å²) in [4.78, 5) is 22.2. The van der Waals surface area contributed by atoms with Crippen molar-refractivity contribution in [2.24, 2.45) is 0 Å². The number of carboxylic acids is 1. The van der Waals surface area contributed by atoms with Gasteiger partial charge in [-0.15, -0.1) is 0 Å². The maximum Gasteiger partial charge on any atom is 0.332 e. The quantitative estimate of drug-likeness (QED) is 0.769. The molecule has 106 valence electrons. The molecule has 2 aromatic rings. The van der Waals surface area contributed by atoms with Gasteiger partial charge in [0.2, 0.25) is 0 Å². The summed E-state index contributed by atoms with van der Waals surface area (Å²) in [6, 6.07) is 7.04. The van der Waals surface area contributed by atoms with Crippen LogP contribution in [0.25, 0.3) is 11.0 Å². The van der Waals surface area contributed by atoms with Crippen LogP contribution in [-0.4, -0.2) is 34.7 Å². The Labute approximate surface area is 122 Å². The molecule has 0 saturated heterocycles. The summed E-state index contributed by atoms with van der Waals surface area (Å²) in [7, 11) is 0. The highest BCUT2D eigenvalue weighted by molar-refractivity contribution is 9.10. The van der Waals surface area contributed by atoms with Gasteiger partial charge in [-0.1, -0.05) is 12.1 Å². The van der Waals surface area contributed by atoms with Gasteiger partial charge in [-0.05, 0) is 28.1 Å². The number of nitrogens with one attached hydrogen (secondary N) is 1. The molecule has 0 fully saturated rings. The average molecular weight is 342 g/mol. The van der Waals surface area contributed by atoms with Crippen LogP contribution in [0, 0.1) is 0 Å². The van der Waals surface area contributed by atoms with Gasteiger partial charge in [-0.2, -0.15) is 0 Å². The number of aliphatic hydroxyl groups is 1. The predicted molar refractivity (Wildman–Crippen MR) is 74.5 cm³/mol. The number of benzene rings is 1. The summed E-state index contributed by atoms with van der Waals surface area (Å²) in [5.41, 5.74) is 0.572. The van der Waals surface area contributed by atoms with E-state index in [9.17, 15) is 9.59 Å². The molecule has 0 radical (unpaired) electrons. The smallest absolute Gasteiger partial charge is 0.332 e. The van der Waals surface area contributed by atoms with Gasteiger partial charge in [0.1, 0.15) is 5.58 Å². The molecule has 7 heteroatoms. The lowest BCUT2D eigenvalue weighted by Crippen LogP contribution is -2.29. The molecule has 0 aliphatic rings. The number of fused-ring (bicyclic) bond motifs is 1. The second kappa shape index (κ2) is 6.06. The van der Waals surface area contributed by atoms with E-state index in [1.54, 1.807) is 12.1 Å². The SMILES string of the molecule is O=C(NCCC(O)C(=O)O)c1cc2cccc(Br)c2o1. The van der Waals surface area contributed by atoms with Crippen molar-refractivity contribution >= 4 is 38.8 Å². The first-order valence-corrected chi connectivity index (χ1v) is 6.65. The fourth-order valence-corrected chi connectivity index (χ4v) is 2.13. The molecular formula is C13H12BrNO5. The van der Waals surface area contributed by atoms with Crippen LogP contribution < -0.4 is 5.32 Å². The Hall–Kier alpha value is -1.86. The summed E-state index contributed by atoms with van der Waals surface area (Å²) in [5, 5.41) is 20.9. The van der Waals surface area contributed by atoms with Gasteiger partial charge in [0.05, 0.1) is 4.47 Å². The van der Waals surface area contributed by atoms with Gasteiger partial charge >= 0.3 is 5.97 Å². The Kier molecular flexibility index (Phi) is 4.41. The van der Waals surface area contributed by atoms with Crippen LogP contribution in [0.15, 0.2) is 33.2 Å². The molecule has 1 aromatic heterocycles. The molecule has 0 spiro atoms. The number of furan rings is 1. The molecule has 0 aliphatic carbocycles. The van der Waals surface area contributed by atoms with Crippen molar-refractivity contribution in [2.75, 3.05) is 6.54 Å². The Balaban J connectivity index is 2.01. The topological polar surface area (TPSA) is 99.8 Å². The van der Waals surface area contributed by atoms with Crippen molar-refractivity contribution < 1.29 is 24.2 Å². The molecule has 1 aromatic carbocycles. The normalized spacial score (nSPS) is 12.3. The molecule has 0 saturated carbocycles. The zero-order valence-corrected chi connectivity index (χ0v) is 11.9. The molecular weight excluding hydrogens is 330 g/mol. The number of aliphatic hydroxyl groups excluding tert-OH is 1. The molecule has 20 heavy (non-hydrogen) atoms.